The first kappa shape index (κ1) is 18.3. The molecule has 1 N–H and O–H groups in total. The zero-order valence-electron chi connectivity index (χ0n) is 14.3. The lowest BCUT2D eigenvalue weighted by Gasteiger charge is -2.27. The van der Waals surface area contributed by atoms with Crippen LogP contribution in [0.2, 0.25) is 0 Å². The largest absolute Gasteiger partial charge is 0.477 e. The fraction of sp³-hybridized carbons (Fsp3) is 0.222. The van der Waals surface area contributed by atoms with Gasteiger partial charge in [-0.15, -0.1) is 0 Å². The first-order valence-corrected chi connectivity index (χ1v) is 8.14. The standard InChI is InChI=1S/C18H16FN3O5/c1-11-8-17(23)20-13-4-2-3-5-14(13)21(11)18(24)10-27-16-9-12(19)6-7-15(16)22(25)26/h2-7,9,11H,8,10H2,1H3,(H,20,23)/t11-/m0/s1. The molecule has 1 heterocycles. The molecule has 27 heavy (non-hydrogen) atoms. The van der Waals surface area contributed by atoms with E-state index >= 15 is 0 Å². The number of ether oxygens (including phenoxy) is 1. The molecule has 0 aromatic heterocycles. The van der Waals surface area contributed by atoms with Crippen molar-refractivity contribution in [2.45, 2.75) is 19.4 Å². The van der Waals surface area contributed by atoms with E-state index in [1.807, 2.05) is 0 Å². The van der Waals surface area contributed by atoms with Gasteiger partial charge in [-0.25, -0.2) is 4.39 Å². The highest BCUT2D eigenvalue weighted by Gasteiger charge is 2.30. The van der Waals surface area contributed by atoms with Gasteiger partial charge < -0.3 is 15.0 Å². The second-order valence-electron chi connectivity index (χ2n) is 6.04. The number of carbonyl (C=O) groups excluding carboxylic acids is 2. The summed E-state index contributed by atoms with van der Waals surface area (Å²) in [5.41, 5.74) is 0.542. The van der Waals surface area contributed by atoms with Gasteiger partial charge in [0.1, 0.15) is 5.82 Å². The Hall–Kier alpha value is -3.49. The minimum absolute atomic E-state index is 0.0839. The van der Waals surface area contributed by atoms with Gasteiger partial charge in [0, 0.05) is 24.6 Å². The Balaban J connectivity index is 1.85. The quantitative estimate of drug-likeness (QED) is 0.656. The number of carbonyl (C=O) groups is 2. The van der Waals surface area contributed by atoms with Crippen LogP contribution in [0.5, 0.6) is 5.75 Å². The van der Waals surface area contributed by atoms with E-state index in [-0.39, 0.29) is 18.1 Å². The van der Waals surface area contributed by atoms with Gasteiger partial charge in [0.05, 0.1) is 16.3 Å². The van der Waals surface area contributed by atoms with Crippen LogP contribution in [0.4, 0.5) is 21.5 Å². The summed E-state index contributed by atoms with van der Waals surface area (Å²) in [4.78, 5) is 36.5. The Kier molecular flexibility index (Phi) is 5.02. The number of hydrogen-bond acceptors (Lipinski definition) is 5. The van der Waals surface area contributed by atoms with Crippen LogP contribution in [0, 0.1) is 15.9 Å². The van der Waals surface area contributed by atoms with E-state index < -0.39 is 35.0 Å². The van der Waals surface area contributed by atoms with Crippen molar-refractivity contribution in [1.29, 1.82) is 0 Å². The summed E-state index contributed by atoms with van der Waals surface area (Å²) >= 11 is 0. The van der Waals surface area contributed by atoms with Gasteiger partial charge in [0.15, 0.2) is 6.61 Å². The number of nitro benzene ring substituents is 1. The predicted molar refractivity (Wildman–Crippen MR) is 95.2 cm³/mol. The average molecular weight is 373 g/mol. The molecule has 1 aliphatic heterocycles. The van der Waals surface area contributed by atoms with E-state index in [0.29, 0.717) is 11.4 Å². The molecule has 0 unspecified atom stereocenters. The molecule has 0 saturated carbocycles. The number of halogens is 1. The van der Waals surface area contributed by atoms with Gasteiger partial charge >= 0.3 is 5.69 Å². The molecule has 1 atom stereocenters. The van der Waals surface area contributed by atoms with E-state index in [4.69, 9.17) is 4.74 Å². The van der Waals surface area contributed by atoms with Gasteiger partial charge in [-0.3, -0.25) is 19.7 Å². The van der Waals surface area contributed by atoms with Crippen LogP contribution in [0.15, 0.2) is 42.5 Å². The molecule has 0 bridgehead atoms. The first-order valence-electron chi connectivity index (χ1n) is 8.14. The second-order valence-corrected chi connectivity index (χ2v) is 6.04. The molecule has 0 aliphatic carbocycles. The number of rotatable bonds is 4. The molecule has 0 saturated heterocycles. The van der Waals surface area contributed by atoms with E-state index in [1.54, 1.807) is 31.2 Å². The van der Waals surface area contributed by atoms with E-state index in [9.17, 15) is 24.1 Å². The smallest absolute Gasteiger partial charge is 0.311 e. The van der Waals surface area contributed by atoms with E-state index in [0.717, 1.165) is 18.2 Å². The van der Waals surface area contributed by atoms with E-state index in [2.05, 4.69) is 5.32 Å². The Morgan fingerprint density at radius 2 is 2.11 bits per heavy atom. The molecule has 0 fully saturated rings. The first-order chi connectivity index (χ1) is 12.9. The highest BCUT2D eigenvalue weighted by molar-refractivity contribution is 6.04. The van der Waals surface area contributed by atoms with Crippen molar-refractivity contribution in [1.82, 2.24) is 0 Å². The molecule has 1 aliphatic rings. The summed E-state index contributed by atoms with van der Waals surface area (Å²) in [6.45, 7) is 1.17. The van der Waals surface area contributed by atoms with Crippen LogP contribution >= 0.6 is 0 Å². The number of amides is 2. The minimum atomic E-state index is -0.717. The molecule has 3 rings (SSSR count). The third kappa shape index (κ3) is 3.86. The van der Waals surface area contributed by atoms with Crippen LogP contribution in [0.25, 0.3) is 0 Å². The van der Waals surface area contributed by atoms with Crippen molar-refractivity contribution in [2.75, 3.05) is 16.8 Å². The van der Waals surface area contributed by atoms with Crippen molar-refractivity contribution < 1.29 is 23.6 Å². The van der Waals surface area contributed by atoms with Crippen molar-refractivity contribution in [3.8, 4) is 5.75 Å². The summed E-state index contributed by atoms with van der Waals surface area (Å²) in [6.07, 6.45) is 0.0839. The number of para-hydroxylation sites is 2. The predicted octanol–water partition coefficient (Wildman–Crippen LogP) is 2.88. The Morgan fingerprint density at radius 1 is 1.37 bits per heavy atom. The maximum absolute atomic E-state index is 13.4. The van der Waals surface area contributed by atoms with Crippen LogP contribution in [0.1, 0.15) is 13.3 Å². The summed E-state index contributed by atoms with van der Waals surface area (Å²) in [5.74, 6) is -1.79. The summed E-state index contributed by atoms with van der Waals surface area (Å²) in [7, 11) is 0. The zero-order valence-corrected chi connectivity index (χ0v) is 14.3. The molecule has 0 radical (unpaired) electrons. The van der Waals surface area contributed by atoms with Crippen LogP contribution in [-0.2, 0) is 9.59 Å². The SMILES string of the molecule is C[C@H]1CC(=O)Nc2ccccc2N1C(=O)COc1cc(F)ccc1[N+](=O)[O-]. The van der Waals surface area contributed by atoms with Gasteiger partial charge in [-0.1, -0.05) is 12.1 Å². The van der Waals surface area contributed by atoms with Crippen LogP contribution in [0.3, 0.4) is 0 Å². The topological polar surface area (TPSA) is 102 Å². The fourth-order valence-electron chi connectivity index (χ4n) is 2.93. The van der Waals surface area contributed by atoms with Gasteiger partial charge in [-0.05, 0) is 25.1 Å². The van der Waals surface area contributed by atoms with Gasteiger partial charge in [0.25, 0.3) is 5.91 Å². The fourth-order valence-corrected chi connectivity index (χ4v) is 2.93. The lowest BCUT2D eigenvalue weighted by Crippen LogP contribution is -2.41. The Bertz CT molecular complexity index is 918. The molecule has 9 heteroatoms. The summed E-state index contributed by atoms with van der Waals surface area (Å²) in [5, 5.41) is 13.8. The monoisotopic (exact) mass is 373 g/mol. The molecular weight excluding hydrogens is 357 g/mol. The third-order valence-corrected chi connectivity index (χ3v) is 4.10. The number of nitrogens with one attached hydrogen (secondary N) is 1. The van der Waals surface area contributed by atoms with Crippen LogP contribution < -0.4 is 15.0 Å². The zero-order chi connectivity index (χ0) is 19.6. The lowest BCUT2D eigenvalue weighted by atomic mass is 10.1. The lowest BCUT2D eigenvalue weighted by molar-refractivity contribution is -0.385. The molecule has 0 spiro atoms. The number of hydrogen-bond donors (Lipinski definition) is 1. The van der Waals surface area contributed by atoms with E-state index in [1.165, 1.54) is 4.90 Å². The summed E-state index contributed by atoms with van der Waals surface area (Å²) in [6, 6.07) is 9.12. The number of nitro groups is 1. The highest BCUT2D eigenvalue weighted by Crippen LogP contribution is 2.32. The highest BCUT2D eigenvalue weighted by atomic mass is 19.1. The summed E-state index contributed by atoms with van der Waals surface area (Å²) < 4.78 is 18.6. The molecule has 2 aromatic carbocycles. The number of fused-ring (bicyclic) bond motifs is 1. The van der Waals surface area contributed by atoms with Crippen LogP contribution in [-0.4, -0.2) is 29.4 Å². The van der Waals surface area contributed by atoms with Gasteiger partial charge in [0.2, 0.25) is 11.7 Å². The minimum Gasteiger partial charge on any atom is -0.477 e. The Morgan fingerprint density at radius 3 is 2.85 bits per heavy atom. The van der Waals surface area contributed by atoms with Gasteiger partial charge in [-0.2, -0.15) is 0 Å². The number of anilines is 2. The van der Waals surface area contributed by atoms with Crippen molar-refractivity contribution >= 4 is 28.9 Å². The molecule has 2 aromatic rings. The molecule has 140 valence electrons. The molecule has 2 amide bonds. The molecular formula is C18H16FN3O5. The average Bonchev–Trinajstić information content (AvgIpc) is 2.73. The second kappa shape index (κ2) is 7.40. The maximum atomic E-state index is 13.4. The number of nitrogens with zero attached hydrogens (tertiary/aromatic N) is 2. The normalized spacial score (nSPS) is 16.1. The maximum Gasteiger partial charge on any atom is 0.311 e. The van der Waals surface area contributed by atoms with Crippen molar-refractivity contribution in [2.24, 2.45) is 0 Å². The van der Waals surface area contributed by atoms with Crippen molar-refractivity contribution in [3.05, 3.63) is 58.4 Å². The Labute approximate surface area is 153 Å². The third-order valence-electron chi connectivity index (χ3n) is 4.10. The molecule has 8 nitrogen and oxygen atoms in total. The number of benzene rings is 2. The van der Waals surface area contributed by atoms with Crippen molar-refractivity contribution in [3.63, 3.8) is 0 Å².